The summed E-state index contributed by atoms with van der Waals surface area (Å²) in [5.74, 6) is -0.902. The van der Waals surface area contributed by atoms with Gasteiger partial charge >= 0.3 is 5.97 Å². The molecule has 2 atom stereocenters. The summed E-state index contributed by atoms with van der Waals surface area (Å²) in [6.45, 7) is 4.04. The Labute approximate surface area is 117 Å². The van der Waals surface area contributed by atoms with Gasteiger partial charge in [-0.3, -0.25) is 4.79 Å². The van der Waals surface area contributed by atoms with Crippen LogP contribution in [0.3, 0.4) is 0 Å². The van der Waals surface area contributed by atoms with Crippen molar-refractivity contribution in [3.63, 3.8) is 0 Å². The predicted molar refractivity (Wildman–Crippen MR) is 73.7 cm³/mol. The lowest BCUT2D eigenvalue weighted by Crippen LogP contribution is -2.48. The van der Waals surface area contributed by atoms with Crippen LogP contribution in [0.5, 0.6) is 0 Å². The fourth-order valence-corrected chi connectivity index (χ4v) is 2.47. The van der Waals surface area contributed by atoms with E-state index < -0.39 is 5.97 Å². The van der Waals surface area contributed by atoms with E-state index in [1.54, 1.807) is 0 Å². The third-order valence-electron chi connectivity index (χ3n) is 3.67. The molecule has 1 fully saturated rings. The van der Waals surface area contributed by atoms with Gasteiger partial charge in [0.1, 0.15) is 5.69 Å². The highest BCUT2D eigenvalue weighted by Crippen LogP contribution is 2.16. The van der Waals surface area contributed by atoms with Crippen LogP contribution < -0.4 is 5.32 Å². The molecule has 0 aliphatic carbocycles. The van der Waals surface area contributed by atoms with Gasteiger partial charge in [-0.25, -0.2) is 9.78 Å². The highest BCUT2D eigenvalue weighted by molar-refractivity contribution is 5.95. The zero-order valence-electron chi connectivity index (χ0n) is 11.7. The Morgan fingerprint density at radius 2 is 2.20 bits per heavy atom. The topological polar surface area (TPSA) is 82.5 Å². The first-order valence-corrected chi connectivity index (χ1v) is 6.66. The number of carboxylic acids is 1. The molecule has 2 heterocycles. The number of carbonyl (C=O) groups excluding carboxylic acids is 1. The van der Waals surface area contributed by atoms with Crippen LogP contribution in [0.15, 0.2) is 18.3 Å². The second-order valence-corrected chi connectivity index (χ2v) is 5.35. The standard InChI is InChI=1S/C14H19N3O3/c1-9-8-17(2)6-5-11(9)16-13(18)10-3-4-12(14(19)20)15-7-10/h3-4,7,9,11H,5-6,8H2,1-2H3,(H,16,18)(H,19,20). The van der Waals surface area contributed by atoms with Crippen molar-refractivity contribution in [1.82, 2.24) is 15.2 Å². The number of hydrogen-bond donors (Lipinski definition) is 2. The second kappa shape index (κ2) is 6.00. The van der Waals surface area contributed by atoms with Crippen molar-refractivity contribution in [2.24, 2.45) is 5.92 Å². The first-order valence-electron chi connectivity index (χ1n) is 6.66. The number of nitrogens with one attached hydrogen (secondary N) is 1. The van der Waals surface area contributed by atoms with Crippen molar-refractivity contribution in [3.8, 4) is 0 Å². The van der Waals surface area contributed by atoms with Crippen molar-refractivity contribution >= 4 is 11.9 Å². The molecule has 108 valence electrons. The summed E-state index contributed by atoms with van der Waals surface area (Å²) in [5.41, 5.74) is 0.329. The summed E-state index contributed by atoms with van der Waals surface area (Å²) in [4.78, 5) is 28.8. The Bertz CT molecular complexity index is 501. The molecule has 0 saturated carbocycles. The Kier molecular flexibility index (Phi) is 4.34. The van der Waals surface area contributed by atoms with Crippen LogP contribution in [0, 0.1) is 5.92 Å². The molecule has 0 radical (unpaired) electrons. The summed E-state index contributed by atoms with van der Waals surface area (Å²) >= 11 is 0. The molecule has 1 aromatic rings. The van der Waals surface area contributed by atoms with Crippen LogP contribution in [-0.4, -0.2) is 53.0 Å². The number of carboxylic acid groups (broad SMARTS) is 1. The van der Waals surface area contributed by atoms with Gasteiger partial charge in [-0.2, -0.15) is 0 Å². The van der Waals surface area contributed by atoms with Gasteiger partial charge in [0.2, 0.25) is 0 Å². The van der Waals surface area contributed by atoms with Gasteiger partial charge in [0.05, 0.1) is 5.56 Å². The van der Waals surface area contributed by atoms with Gasteiger partial charge < -0.3 is 15.3 Å². The largest absolute Gasteiger partial charge is 0.477 e. The summed E-state index contributed by atoms with van der Waals surface area (Å²) in [6, 6.07) is 2.98. The fourth-order valence-electron chi connectivity index (χ4n) is 2.47. The molecule has 1 saturated heterocycles. The average Bonchev–Trinajstić information content (AvgIpc) is 2.42. The van der Waals surface area contributed by atoms with Gasteiger partial charge in [0, 0.05) is 18.8 Å². The van der Waals surface area contributed by atoms with E-state index in [4.69, 9.17) is 5.11 Å². The van der Waals surface area contributed by atoms with Crippen molar-refractivity contribution in [1.29, 1.82) is 0 Å². The number of pyridine rings is 1. The Morgan fingerprint density at radius 3 is 2.75 bits per heavy atom. The zero-order valence-corrected chi connectivity index (χ0v) is 11.7. The van der Waals surface area contributed by atoms with E-state index in [0.717, 1.165) is 19.5 Å². The molecule has 1 aliphatic heterocycles. The molecule has 2 unspecified atom stereocenters. The number of aromatic nitrogens is 1. The van der Waals surface area contributed by atoms with Crippen LogP contribution in [-0.2, 0) is 0 Å². The van der Waals surface area contributed by atoms with Crippen molar-refractivity contribution in [2.75, 3.05) is 20.1 Å². The SMILES string of the molecule is CC1CN(C)CCC1NC(=O)c1ccc(C(=O)O)nc1. The minimum atomic E-state index is -1.10. The van der Waals surface area contributed by atoms with Gasteiger partial charge in [0.15, 0.2) is 0 Å². The lowest BCUT2D eigenvalue weighted by molar-refractivity contribution is 0.0689. The van der Waals surface area contributed by atoms with Crippen molar-refractivity contribution in [2.45, 2.75) is 19.4 Å². The van der Waals surface area contributed by atoms with Crippen molar-refractivity contribution < 1.29 is 14.7 Å². The number of rotatable bonds is 3. The van der Waals surface area contributed by atoms with Gasteiger partial charge in [0.25, 0.3) is 5.91 Å². The number of likely N-dealkylation sites (tertiary alicyclic amines) is 1. The summed E-state index contributed by atoms with van der Waals surface area (Å²) in [5, 5.41) is 11.8. The molecule has 6 nitrogen and oxygen atoms in total. The maximum absolute atomic E-state index is 12.1. The molecular formula is C14H19N3O3. The van der Waals surface area contributed by atoms with Crippen molar-refractivity contribution in [3.05, 3.63) is 29.6 Å². The van der Waals surface area contributed by atoms with E-state index in [1.807, 2.05) is 0 Å². The minimum absolute atomic E-state index is 0.0609. The maximum atomic E-state index is 12.1. The van der Waals surface area contributed by atoms with Crippen LogP contribution in [0.4, 0.5) is 0 Å². The molecule has 20 heavy (non-hydrogen) atoms. The minimum Gasteiger partial charge on any atom is -0.477 e. The van der Waals surface area contributed by atoms with E-state index in [9.17, 15) is 9.59 Å². The quantitative estimate of drug-likeness (QED) is 0.856. The number of carbonyl (C=O) groups is 2. The van der Waals surface area contributed by atoms with E-state index >= 15 is 0 Å². The lowest BCUT2D eigenvalue weighted by atomic mass is 9.94. The number of hydrogen-bond acceptors (Lipinski definition) is 4. The number of nitrogens with zero attached hydrogens (tertiary/aromatic N) is 2. The van der Waals surface area contributed by atoms with Gasteiger partial charge in [-0.1, -0.05) is 6.92 Å². The molecule has 1 aromatic heterocycles. The summed E-state index contributed by atoms with van der Waals surface area (Å²) < 4.78 is 0. The second-order valence-electron chi connectivity index (χ2n) is 5.35. The molecule has 6 heteroatoms. The first kappa shape index (κ1) is 14.5. The number of piperidine rings is 1. The first-order chi connectivity index (χ1) is 9.47. The molecule has 2 N–H and O–H groups in total. The van der Waals surface area contributed by atoms with Gasteiger partial charge in [-0.15, -0.1) is 0 Å². The van der Waals surface area contributed by atoms with E-state index in [0.29, 0.717) is 11.5 Å². The number of aromatic carboxylic acids is 1. The van der Waals surface area contributed by atoms with Crippen LogP contribution in [0.25, 0.3) is 0 Å². The Balaban J connectivity index is 1.99. The molecule has 1 aliphatic rings. The van der Waals surface area contributed by atoms with E-state index in [2.05, 4.69) is 29.2 Å². The monoisotopic (exact) mass is 277 g/mol. The van der Waals surface area contributed by atoms with Crippen LogP contribution in [0.1, 0.15) is 34.2 Å². The predicted octanol–water partition coefficient (Wildman–Crippen LogP) is 0.850. The lowest BCUT2D eigenvalue weighted by Gasteiger charge is -2.35. The normalized spacial score (nSPS) is 23.3. The molecular weight excluding hydrogens is 258 g/mol. The highest BCUT2D eigenvalue weighted by atomic mass is 16.4. The Hall–Kier alpha value is -1.95. The van der Waals surface area contributed by atoms with E-state index in [1.165, 1.54) is 18.3 Å². The number of amides is 1. The molecule has 0 spiro atoms. The third-order valence-corrected chi connectivity index (χ3v) is 3.67. The zero-order chi connectivity index (χ0) is 14.7. The van der Waals surface area contributed by atoms with E-state index in [-0.39, 0.29) is 17.6 Å². The molecule has 0 aromatic carbocycles. The summed E-state index contributed by atoms with van der Waals surface area (Å²) in [7, 11) is 2.07. The highest BCUT2D eigenvalue weighted by Gasteiger charge is 2.25. The molecule has 1 amide bonds. The Morgan fingerprint density at radius 1 is 1.45 bits per heavy atom. The smallest absolute Gasteiger partial charge is 0.354 e. The fraction of sp³-hybridized carbons (Fsp3) is 0.500. The molecule has 0 bridgehead atoms. The van der Waals surface area contributed by atoms with Crippen LogP contribution in [0.2, 0.25) is 0 Å². The maximum Gasteiger partial charge on any atom is 0.354 e. The van der Waals surface area contributed by atoms with Gasteiger partial charge in [-0.05, 0) is 38.1 Å². The van der Waals surface area contributed by atoms with Crippen LogP contribution >= 0.6 is 0 Å². The third kappa shape index (κ3) is 3.33. The molecule has 2 rings (SSSR count). The summed E-state index contributed by atoms with van der Waals surface area (Å²) in [6.07, 6.45) is 2.22. The average molecular weight is 277 g/mol.